The highest BCUT2D eigenvalue weighted by Gasteiger charge is 2.09. The van der Waals surface area contributed by atoms with Gasteiger partial charge in [-0.05, 0) is 37.6 Å². The number of amides is 1. The molecule has 0 saturated carbocycles. The number of ether oxygens (including phenoxy) is 1. The maximum Gasteiger partial charge on any atom is 0.338 e. The Morgan fingerprint density at radius 1 is 1.32 bits per heavy atom. The molecule has 0 fully saturated rings. The minimum absolute atomic E-state index is 0.265. The van der Waals surface area contributed by atoms with Crippen LogP contribution < -0.4 is 11.1 Å². The number of rotatable bonds is 6. The van der Waals surface area contributed by atoms with E-state index >= 15 is 0 Å². The van der Waals surface area contributed by atoms with Crippen LogP contribution in [0.2, 0.25) is 0 Å². The molecule has 0 aromatic heterocycles. The van der Waals surface area contributed by atoms with Gasteiger partial charge in [-0.2, -0.15) is 0 Å². The van der Waals surface area contributed by atoms with Crippen LogP contribution in [0.4, 0.5) is 5.69 Å². The van der Waals surface area contributed by atoms with E-state index in [1.165, 1.54) is 0 Å². The molecule has 0 aliphatic carbocycles. The lowest BCUT2D eigenvalue weighted by molar-refractivity contribution is -0.117. The Morgan fingerprint density at radius 3 is 2.47 bits per heavy atom. The number of benzene rings is 1. The van der Waals surface area contributed by atoms with Gasteiger partial charge in [-0.3, -0.25) is 4.79 Å². The summed E-state index contributed by atoms with van der Waals surface area (Å²) in [4.78, 5) is 23.0. The zero-order chi connectivity index (χ0) is 14.3. The van der Waals surface area contributed by atoms with Crippen molar-refractivity contribution in [2.24, 2.45) is 5.73 Å². The molecular formula is C14H20N2O3. The summed E-state index contributed by atoms with van der Waals surface area (Å²) in [6.45, 7) is 4.07. The molecule has 0 spiro atoms. The van der Waals surface area contributed by atoms with Crippen LogP contribution in [0.15, 0.2) is 24.3 Å². The van der Waals surface area contributed by atoms with Crippen molar-refractivity contribution in [3.05, 3.63) is 29.8 Å². The second kappa shape index (κ2) is 7.53. The maximum atomic E-state index is 11.6. The number of carbonyl (C=O) groups excluding carboxylic acids is 2. The fourth-order valence-electron chi connectivity index (χ4n) is 1.34. The van der Waals surface area contributed by atoms with Gasteiger partial charge in [0.25, 0.3) is 0 Å². The highest BCUT2D eigenvalue weighted by molar-refractivity contribution is 5.95. The third-order valence-corrected chi connectivity index (χ3v) is 2.53. The Kier molecular flexibility index (Phi) is 6.02. The lowest BCUT2D eigenvalue weighted by Gasteiger charge is -2.08. The lowest BCUT2D eigenvalue weighted by Crippen LogP contribution is -2.32. The molecule has 1 atom stereocenters. The molecule has 0 aliphatic heterocycles. The number of nitrogens with two attached hydrogens (primary N) is 1. The van der Waals surface area contributed by atoms with Gasteiger partial charge < -0.3 is 15.8 Å². The van der Waals surface area contributed by atoms with Gasteiger partial charge in [-0.15, -0.1) is 0 Å². The average Bonchev–Trinajstić information content (AvgIpc) is 2.39. The first-order valence-electron chi connectivity index (χ1n) is 6.38. The van der Waals surface area contributed by atoms with Gasteiger partial charge in [0, 0.05) is 5.69 Å². The third kappa shape index (κ3) is 5.09. The molecule has 1 aromatic carbocycles. The molecule has 5 nitrogen and oxygen atoms in total. The summed E-state index contributed by atoms with van der Waals surface area (Å²) in [5, 5.41) is 2.64. The van der Waals surface area contributed by atoms with E-state index in [1.54, 1.807) is 31.2 Å². The normalized spacial score (nSPS) is 11.7. The van der Waals surface area contributed by atoms with Crippen molar-refractivity contribution < 1.29 is 14.3 Å². The molecule has 104 valence electrons. The Bertz CT molecular complexity index is 427. The van der Waals surface area contributed by atoms with Gasteiger partial charge in [-0.25, -0.2) is 4.79 Å². The van der Waals surface area contributed by atoms with Crippen LogP contribution in [0.1, 0.15) is 37.0 Å². The molecule has 1 rings (SSSR count). The second-order valence-electron chi connectivity index (χ2n) is 4.34. The van der Waals surface area contributed by atoms with Gasteiger partial charge in [-0.1, -0.05) is 13.3 Å². The number of unbranched alkanes of at least 4 members (excludes halogenated alkanes) is 1. The summed E-state index contributed by atoms with van der Waals surface area (Å²) in [6, 6.07) is 5.96. The fourth-order valence-corrected chi connectivity index (χ4v) is 1.34. The van der Waals surface area contributed by atoms with Crippen molar-refractivity contribution >= 4 is 17.6 Å². The molecule has 5 heteroatoms. The van der Waals surface area contributed by atoms with Crippen LogP contribution in [-0.2, 0) is 9.53 Å². The first kappa shape index (κ1) is 15.2. The first-order valence-corrected chi connectivity index (χ1v) is 6.38. The number of carbonyl (C=O) groups is 2. The highest BCUT2D eigenvalue weighted by Crippen LogP contribution is 2.11. The third-order valence-electron chi connectivity index (χ3n) is 2.53. The van der Waals surface area contributed by atoms with E-state index in [9.17, 15) is 9.59 Å². The molecule has 0 heterocycles. The van der Waals surface area contributed by atoms with Crippen molar-refractivity contribution in [3.8, 4) is 0 Å². The van der Waals surface area contributed by atoms with Crippen molar-refractivity contribution in [3.63, 3.8) is 0 Å². The smallest absolute Gasteiger partial charge is 0.338 e. The van der Waals surface area contributed by atoms with Crippen molar-refractivity contribution in [1.82, 2.24) is 0 Å². The molecule has 3 N–H and O–H groups in total. The molecule has 0 bridgehead atoms. The molecule has 0 saturated heterocycles. The summed E-state index contributed by atoms with van der Waals surface area (Å²) in [5.74, 6) is -0.614. The maximum absolute atomic E-state index is 11.6. The van der Waals surface area contributed by atoms with E-state index in [0.717, 1.165) is 12.8 Å². The van der Waals surface area contributed by atoms with Gasteiger partial charge in [0.15, 0.2) is 0 Å². The van der Waals surface area contributed by atoms with E-state index in [1.807, 2.05) is 6.92 Å². The largest absolute Gasteiger partial charge is 0.462 e. The van der Waals surface area contributed by atoms with Crippen LogP contribution in [0.3, 0.4) is 0 Å². The van der Waals surface area contributed by atoms with Crippen LogP contribution in [0.25, 0.3) is 0 Å². The molecule has 19 heavy (non-hydrogen) atoms. The number of anilines is 1. The van der Waals surface area contributed by atoms with Gasteiger partial charge in [0.1, 0.15) is 0 Å². The number of hydrogen-bond donors (Lipinski definition) is 2. The van der Waals surface area contributed by atoms with E-state index in [4.69, 9.17) is 10.5 Å². The Labute approximate surface area is 113 Å². The Morgan fingerprint density at radius 2 is 1.95 bits per heavy atom. The highest BCUT2D eigenvalue weighted by atomic mass is 16.5. The Balaban J connectivity index is 2.56. The lowest BCUT2D eigenvalue weighted by atomic mass is 10.2. The quantitative estimate of drug-likeness (QED) is 0.607. The number of nitrogens with one attached hydrogen (secondary N) is 1. The number of esters is 1. The van der Waals surface area contributed by atoms with Crippen LogP contribution >= 0.6 is 0 Å². The van der Waals surface area contributed by atoms with Crippen molar-refractivity contribution in [1.29, 1.82) is 0 Å². The summed E-state index contributed by atoms with van der Waals surface area (Å²) in [6.07, 6.45) is 1.84. The molecule has 1 aromatic rings. The minimum atomic E-state index is -0.571. The van der Waals surface area contributed by atoms with Crippen molar-refractivity contribution in [2.75, 3.05) is 11.9 Å². The van der Waals surface area contributed by atoms with Crippen LogP contribution in [-0.4, -0.2) is 24.5 Å². The Hall–Kier alpha value is -1.88. The zero-order valence-corrected chi connectivity index (χ0v) is 11.3. The first-order chi connectivity index (χ1) is 9.04. The van der Waals surface area contributed by atoms with E-state index in [-0.39, 0.29) is 11.9 Å². The van der Waals surface area contributed by atoms with E-state index < -0.39 is 6.04 Å². The minimum Gasteiger partial charge on any atom is -0.462 e. The SMILES string of the molecule is CCCCOC(=O)c1ccc(NC(=O)[C@H](C)N)cc1. The summed E-state index contributed by atoms with van der Waals surface area (Å²) in [5.41, 5.74) is 6.52. The number of hydrogen-bond acceptors (Lipinski definition) is 4. The second-order valence-corrected chi connectivity index (χ2v) is 4.34. The molecular weight excluding hydrogens is 244 g/mol. The summed E-state index contributed by atoms with van der Waals surface area (Å²) >= 11 is 0. The van der Waals surface area contributed by atoms with E-state index in [2.05, 4.69) is 5.32 Å². The molecule has 0 radical (unpaired) electrons. The fraction of sp³-hybridized carbons (Fsp3) is 0.429. The van der Waals surface area contributed by atoms with Crippen LogP contribution in [0, 0.1) is 0 Å². The molecule has 1 amide bonds. The molecule has 0 aliphatic rings. The predicted octanol–water partition coefficient (Wildman–Crippen LogP) is 1.93. The monoisotopic (exact) mass is 264 g/mol. The molecule has 0 unspecified atom stereocenters. The zero-order valence-electron chi connectivity index (χ0n) is 11.3. The van der Waals surface area contributed by atoms with Gasteiger partial charge in [0.05, 0.1) is 18.2 Å². The standard InChI is InChI=1S/C14H20N2O3/c1-3-4-9-19-14(18)11-5-7-12(8-6-11)16-13(17)10(2)15/h5-8,10H,3-4,9,15H2,1-2H3,(H,16,17)/t10-/m0/s1. The van der Waals surface area contributed by atoms with Crippen molar-refractivity contribution in [2.45, 2.75) is 32.7 Å². The predicted molar refractivity (Wildman–Crippen MR) is 73.9 cm³/mol. The summed E-state index contributed by atoms with van der Waals surface area (Å²) < 4.78 is 5.08. The average molecular weight is 264 g/mol. The summed E-state index contributed by atoms with van der Waals surface area (Å²) in [7, 11) is 0. The topological polar surface area (TPSA) is 81.4 Å². The van der Waals surface area contributed by atoms with Gasteiger partial charge >= 0.3 is 5.97 Å². The van der Waals surface area contributed by atoms with Crippen LogP contribution in [0.5, 0.6) is 0 Å². The van der Waals surface area contributed by atoms with E-state index in [0.29, 0.717) is 17.9 Å². The van der Waals surface area contributed by atoms with Gasteiger partial charge in [0.2, 0.25) is 5.91 Å².